The highest BCUT2D eigenvalue weighted by molar-refractivity contribution is 9.11. The Morgan fingerprint density at radius 2 is 1.50 bits per heavy atom. The van der Waals surface area contributed by atoms with Crippen LogP contribution in [0.25, 0.3) is 0 Å². The summed E-state index contributed by atoms with van der Waals surface area (Å²) in [5, 5.41) is 0. The predicted molar refractivity (Wildman–Crippen MR) is 152 cm³/mol. The van der Waals surface area contributed by atoms with E-state index in [0.717, 1.165) is 25.1 Å². The number of halogens is 1. The molecule has 0 aromatic heterocycles. The summed E-state index contributed by atoms with van der Waals surface area (Å²) in [4.78, 5) is 29.4. The van der Waals surface area contributed by atoms with Crippen LogP contribution in [0.4, 0.5) is 0 Å². The minimum Gasteiger partial charge on any atom is -0.469 e. The molecule has 8 nitrogen and oxygen atoms in total. The van der Waals surface area contributed by atoms with Crippen LogP contribution in [0.5, 0.6) is 0 Å². The first kappa shape index (κ1) is 31.6. The third-order valence-corrected chi connectivity index (χ3v) is 16.5. The van der Waals surface area contributed by atoms with Crippen LogP contribution in [0.2, 0.25) is 16.6 Å². The second-order valence-corrected chi connectivity index (χ2v) is 18.8. The van der Waals surface area contributed by atoms with Crippen LogP contribution in [-0.4, -0.2) is 76.1 Å². The number of methoxy groups -OCH3 is 3. The van der Waals surface area contributed by atoms with Gasteiger partial charge in [-0.15, -0.1) is 0 Å². The van der Waals surface area contributed by atoms with Crippen molar-refractivity contribution in [3.63, 3.8) is 0 Å². The van der Waals surface area contributed by atoms with Crippen LogP contribution in [0.1, 0.15) is 75.2 Å². The molecular weight excluding hydrogens is 570 g/mol. The number of fused-ring (bicyclic) bond motifs is 2. The Balaban J connectivity index is 2.36. The highest BCUT2D eigenvalue weighted by Crippen LogP contribution is 2.66. The highest BCUT2D eigenvalue weighted by atomic mass is 79.9. The minimum absolute atomic E-state index is 0.0454. The van der Waals surface area contributed by atoms with Crippen molar-refractivity contribution >= 4 is 36.2 Å². The zero-order valence-electron chi connectivity index (χ0n) is 25.3. The molecule has 2 fully saturated rings. The van der Waals surface area contributed by atoms with Crippen LogP contribution in [0.15, 0.2) is 10.2 Å². The highest BCUT2D eigenvalue weighted by Gasteiger charge is 2.77. The van der Waals surface area contributed by atoms with Gasteiger partial charge in [-0.2, -0.15) is 0 Å². The first-order valence-electron chi connectivity index (χ1n) is 13.8. The van der Waals surface area contributed by atoms with E-state index in [1.807, 2.05) is 6.92 Å². The maximum Gasteiger partial charge on any atom is 0.315 e. The first-order valence-corrected chi connectivity index (χ1v) is 16.7. The van der Waals surface area contributed by atoms with Crippen LogP contribution in [0, 0.1) is 11.8 Å². The molecule has 0 unspecified atom stereocenters. The molecule has 0 aromatic rings. The lowest BCUT2D eigenvalue weighted by atomic mass is 9.72. The van der Waals surface area contributed by atoms with Crippen LogP contribution < -0.4 is 0 Å². The summed E-state index contributed by atoms with van der Waals surface area (Å²) >= 11 is 3.93. The van der Waals surface area contributed by atoms with Gasteiger partial charge in [-0.1, -0.05) is 41.5 Å². The number of likely N-dealkylation sites (tertiary alicyclic amines) is 1. The molecule has 10 heteroatoms. The van der Waals surface area contributed by atoms with Gasteiger partial charge in [0.05, 0.1) is 36.0 Å². The Bertz CT molecular complexity index is 945. The first-order chi connectivity index (χ1) is 17.5. The van der Waals surface area contributed by atoms with Gasteiger partial charge in [0, 0.05) is 13.7 Å². The molecule has 0 saturated carbocycles. The fourth-order valence-corrected chi connectivity index (χ4v) is 14.4. The lowest BCUT2D eigenvalue weighted by molar-refractivity contribution is -0.185. The van der Waals surface area contributed by atoms with Crippen molar-refractivity contribution < 1.29 is 33.0 Å². The van der Waals surface area contributed by atoms with E-state index in [4.69, 9.17) is 23.4 Å². The van der Waals surface area contributed by atoms with Gasteiger partial charge >= 0.3 is 11.9 Å². The molecule has 3 heterocycles. The molecule has 218 valence electrons. The molecule has 2 saturated heterocycles. The normalized spacial score (nSPS) is 31.8. The molecule has 0 amide bonds. The maximum atomic E-state index is 13.6. The van der Waals surface area contributed by atoms with Gasteiger partial charge in [0.1, 0.15) is 17.4 Å². The van der Waals surface area contributed by atoms with Gasteiger partial charge in [-0.05, 0) is 66.2 Å². The molecule has 0 aliphatic carbocycles. The molecule has 0 N–H and O–H groups in total. The molecule has 0 aromatic carbocycles. The average Bonchev–Trinajstić information content (AvgIpc) is 3.48. The molecule has 3 aliphatic rings. The largest absolute Gasteiger partial charge is 0.469 e. The SMILES string of the molecule is COC(=O)[C@@H]1[C@H](C(=O)OC)[C@@]2(O[Si](C(C)C)(C(C)C)C(C)C)O[C@]1(C)C(N1CCC[C@H]1C(C)(C)OC)=C2Br. The van der Waals surface area contributed by atoms with E-state index in [1.54, 1.807) is 7.11 Å². The predicted octanol–water partition coefficient (Wildman–Crippen LogP) is 5.75. The van der Waals surface area contributed by atoms with E-state index in [2.05, 4.69) is 76.2 Å². The minimum atomic E-state index is -2.63. The van der Waals surface area contributed by atoms with Gasteiger partial charge in [0.15, 0.2) is 0 Å². The van der Waals surface area contributed by atoms with Crippen molar-refractivity contribution in [3.8, 4) is 0 Å². The molecular formula is C28H48BrNO7Si. The number of esters is 2. The monoisotopic (exact) mass is 617 g/mol. The van der Waals surface area contributed by atoms with Crippen molar-refractivity contribution in [1.82, 2.24) is 4.90 Å². The van der Waals surface area contributed by atoms with E-state index in [9.17, 15) is 9.59 Å². The number of carbonyl (C=O) groups excluding carboxylic acids is 2. The van der Waals surface area contributed by atoms with Crippen molar-refractivity contribution in [3.05, 3.63) is 10.2 Å². The third kappa shape index (κ3) is 4.41. The van der Waals surface area contributed by atoms with Crippen LogP contribution >= 0.6 is 15.9 Å². The molecule has 0 radical (unpaired) electrons. The maximum absolute atomic E-state index is 13.6. The quantitative estimate of drug-likeness (QED) is 0.226. The second-order valence-electron chi connectivity index (χ2n) is 12.6. The lowest BCUT2D eigenvalue weighted by Gasteiger charge is -2.49. The standard InChI is InChI=1S/C28H48BrNO7Si/c1-16(2)38(17(3)4,18(5)6)37-28-21(25(32)34-11)20(24(31)33-10)27(9,36-28)23(22(28)29)30-15-13-14-19(30)26(7,8)35-12/h16-21H,13-15H2,1-12H3/t19-,20-,21+,27-,28-/m0/s1. The number of nitrogens with zero attached hydrogens (tertiary/aromatic N) is 1. The average molecular weight is 619 g/mol. The number of ether oxygens (including phenoxy) is 4. The molecule has 5 atom stereocenters. The molecule has 2 bridgehead atoms. The van der Waals surface area contributed by atoms with Crippen molar-refractivity contribution in [1.29, 1.82) is 0 Å². The summed E-state index contributed by atoms with van der Waals surface area (Å²) < 4.78 is 31.5. The van der Waals surface area contributed by atoms with Gasteiger partial charge in [0.2, 0.25) is 14.1 Å². The summed E-state index contributed by atoms with van der Waals surface area (Å²) in [7, 11) is 1.78. The molecule has 3 rings (SSSR count). The lowest BCUT2D eigenvalue weighted by Crippen LogP contribution is -2.59. The van der Waals surface area contributed by atoms with E-state index in [1.165, 1.54) is 14.2 Å². The summed E-state index contributed by atoms with van der Waals surface area (Å²) in [6.07, 6.45) is 1.90. The zero-order chi connectivity index (χ0) is 29.0. The van der Waals surface area contributed by atoms with Crippen LogP contribution in [-0.2, 0) is 33.0 Å². The van der Waals surface area contributed by atoms with Gasteiger partial charge < -0.3 is 28.3 Å². The summed E-state index contributed by atoms with van der Waals surface area (Å²) in [5.74, 6) is -4.54. The Kier molecular flexibility index (Phi) is 8.98. The smallest absolute Gasteiger partial charge is 0.315 e. The summed E-state index contributed by atoms with van der Waals surface area (Å²) in [5.41, 5.74) is -0.129. The fraction of sp³-hybridized carbons (Fsp3) is 0.857. The molecule has 38 heavy (non-hydrogen) atoms. The Morgan fingerprint density at radius 3 is 1.95 bits per heavy atom. The van der Waals surface area contributed by atoms with E-state index in [0.29, 0.717) is 4.48 Å². The number of hydrogen-bond acceptors (Lipinski definition) is 8. The van der Waals surface area contributed by atoms with E-state index >= 15 is 0 Å². The zero-order valence-corrected chi connectivity index (χ0v) is 27.9. The number of carbonyl (C=O) groups is 2. The van der Waals surface area contributed by atoms with Crippen molar-refractivity contribution in [2.24, 2.45) is 11.8 Å². The van der Waals surface area contributed by atoms with Gasteiger partial charge in [0.25, 0.3) is 0 Å². The van der Waals surface area contributed by atoms with Crippen LogP contribution in [0.3, 0.4) is 0 Å². The summed E-state index contributed by atoms with van der Waals surface area (Å²) in [6, 6.07) is 0.0454. The van der Waals surface area contributed by atoms with E-state index in [-0.39, 0.29) is 22.7 Å². The third-order valence-electron chi connectivity index (χ3n) is 9.50. The fourth-order valence-electron chi connectivity index (χ4n) is 7.70. The second kappa shape index (κ2) is 10.8. The van der Waals surface area contributed by atoms with E-state index < -0.39 is 49.1 Å². The Morgan fingerprint density at radius 1 is 1.00 bits per heavy atom. The molecule has 3 aliphatic heterocycles. The Labute approximate surface area is 238 Å². The Hall–Kier alpha value is -0.943. The number of rotatable bonds is 10. The number of hydrogen-bond donors (Lipinski definition) is 0. The molecule has 0 spiro atoms. The summed E-state index contributed by atoms with van der Waals surface area (Å²) in [6.45, 7) is 19.9. The van der Waals surface area contributed by atoms with Gasteiger partial charge in [-0.25, -0.2) is 0 Å². The van der Waals surface area contributed by atoms with Gasteiger partial charge in [-0.3, -0.25) is 9.59 Å². The van der Waals surface area contributed by atoms with Crippen molar-refractivity contribution in [2.75, 3.05) is 27.9 Å². The van der Waals surface area contributed by atoms with Crippen molar-refractivity contribution in [2.45, 2.75) is 115 Å². The topological polar surface area (TPSA) is 83.5 Å².